The van der Waals surface area contributed by atoms with Gasteiger partial charge in [0.15, 0.2) is 0 Å². The van der Waals surface area contributed by atoms with Crippen LogP contribution in [0.5, 0.6) is 0 Å². The second-order valence-electron chi connectivity index (χ2n) is 12.2. The molecule has 2 fully saturated rings. The molecule has 0 saturated carbocycles. The van der Waals surface area contributed by atoms with Crippen molar-refractivity contribution >= 4 is 23.9 Å². The summed E-state index contributed by atoms with van der Waals surface area (Å²) in [5, 5.41) is 11.8. The van der Waals surface area contributed by atoms with E-state index in [-0.39, 0.29) is 36.4 Å². The summed E-state index contributed by atoms with van der Waals surface area (Å²) in [5.74, 6) is 0.402. The zero-order valence-electron chi connectivity index (χ0n) is 25.1. The van der Waals surface area contributed by atoms with Gasteiger partial charge in [-0.05, 0) is 91.0 Å². The van der Waals surface area contributed by atoms with Gasteiger partial charge in [0, 0.05) is 44.5 Å². The number of carbonyl (C=O) groups is 2. The Balaban J connectivity index is 1.42. The second-order valence-corrected chi connectivity index (χ2v) is 12.2. The number of hydrogen-bond donors (Lipinski definition) is 1. The molecule has 0 bridgehead atoms. The number of piperazine rings is 1. The summed E-state index contributed by atoms with van der Waals surface area (Å²) >= 11 is 0. The van der Waals surface area contributed by atoms with Crippen molar-refractivity contribution in [3.05, 3.63) is 34.7 Å². The van der Waals surface area contributed by atoms with Gasteiger partial charge in [0.2, 0.25) is 5.89 Å². The monoisotopic (exact) mass is 556 g/mol. The van der Waals surface area contributed by atoms with E-state index in [9.17, 15) is 9.59 Å². The molecule has 220 valence electrons. The standard InChI is InChI=1S/C29H44N6O5/c1-18(2)38-27(36)34-13-12-33(16-20(34)4)17-22-14-19(3)15-23(21(22)5)30-26-32-31-25(39-26)24-10-9-11-35(24)28(37)40-29(6,7)8/h14-15,18,20,24H,9-13,16-17H2,1-8H3,(H,30,32)/t20-,24-/m0/s1. The number of hydrogen-bond acceptors (Lipinski definition) is 9. The molecule has 11 heteroatoms. The van der Waals surface area contributed by atoms with Gasteiger partial charge in [-0.3, -0.25) is 9.80 Å². The SMILES string of the molecule is Cc1cc(CN2CCN(C(=O)OC(C)C)[C@@H](C)C2)c(C)c(Nc2nnc([C@@H]3CCCN3C(=O)OC(C)(C)C)o2)c1. The van der Waals surface area contributed by atoms with Gasteiger partial charge in [-0.15, -0.1) is 5.10 Å². The molecule has 0 aliphatic carbocycles. The number of nitrogens with zero attached hydrogens (tertiary/aromatic N) is 5. The number of rotatable bonds is 6. The molecule has 1 N–H and O–H groups in total. The zero-order valence-corrected chi connectivity index (χ0v) is 25.1. The first kappa shape index (κ1) is 29.6. The highest BCUT2D eigenvalue weighted by molar-refractivity contribution is 5.69. The molecule has 0 radical (unpaired) electrons. The molecule has 1 aromatic carbocycles. The third-order valence-electron chi connectivity index (χ3n) is 7.18. The number of ether oxygens (including phenoxy) is 2. The molecule has 2 amide bonds. The lowest BCUT2D eigenvalue weighted by atomic mass is 10.0. The summed E-state index contributed by atoms with van der Waals surface area (Å²) in [6.07, 6.45) is 0.854. The summed E-state index contributed by atoms with van der Waals surface area (Å²) in [4.78, 5) is 31.0. The van der Waals surface area contributed by atoms with Crippen LogP contribution in [-0.2, 0) is 16.0 Å². The lowest BCUT2D eigenvalue weighted by Gasteiger charge is -2.39. The first-order chi connectivity index (χ1) is 18.8. The lowest BCUT2D eigenvalue weighted by molar-refractivity contribution is 0.0204. The largest absolute Gasteiger partial charge is 0.447 e. The predicted octanol–water partition coefficient (Wildman–Crippen LogP) is 5.55. The molecular weight excluding hydrogens is 512 g/mol. The fourth-order valence-electron chi connectivity index (χ4n) is 5.28. The van der Waals surface area contributed by atoms with Gasteiger partial charge < -0.3 is 24.1 Å². The van der Waals surface area contributed by atoms with Crippen molar-refractivity contribution in [2.24, 2.45) is 0 Å². The molecule has 3 heterocycles. The van der Waals surface area contributed by atoms with Crippen LogP contribution in [0.4, 0.5) is 21.3 Å². The van der Waals surface area contributed by atoms with Crippen LogP contribution in [0.2, 0.25) is 0 Å². The minimum absolute atomic E-state index is 0.0651. The summed E-state index contributed by atoms with van der Waals surface area (Å²) in [7, 11) is 0. The van der Waals surface area contributed by atoms with Crippen LogP contribution in [0.1, 0.15) is 83.0 Å². The third-order valence-corrected chi connectivity index (χ3v) is 7.18. The highest BCUT2D eigenvalue weighted by Crippen LogP contribution is 2.34. The van der Waals surface area contributed by atoms with Crippen molar-refractivity contribution < 1.29 is 23.5 Å². The third kappa shape index (κ3) is 7.24. The van der Waals surface area contributed by atoms with E-state index in [0.29, 0.717) is 19.0 Å². The molecule has 1 aromatic heterocycles. The van der Waals surface area contributed by atoms with Gasteiger partial charge in [0.1, 0.15) is 11.6 Å². The van der Waals surface area contributed by atoms with Crippen LogP contribution in [0, 0.1) is 13.8 Å². The van der Waals surface area contributed by atoms with E-state index < -0.39 is 5.60 Å². The normalized spacial score (nSPS) is 20.2. The van der Waals surface area contributed by atoms with Crippen molar-refractivity contribution in [1.29, 1.82) is 0 Å². The Bertz CT molecular complexity index is 1210. The highest BCUT2D eigenvalue weighted by atomic mass is 16.6. The minimum Gasteiger partial charge on any atom is -0.447 e. The van der Waals surface area contributed by atoms with Crippen molar-refractivity contribution in [3.63, 3.8) is 0 Å². The van der Waals surface area contributed by atoms with E-state index in [2.05, 4.69) is 53.3 Å². The van der Waals surface area contributed by atoms with Crippen molar-refractivity contribution in [2.45, 2.75) is 98.6 Å². The minimum atomic E-state index is -0.572. The van der Waals surface area contributed by atoms with E-state index in [1.54, 1.807) is 4.90 Å². The molecular formula is C29H44N6O5. The number of anilines is 2. The maximum atomic E-state index is 12.7. The van der Waals surface area contributed by atoms with Crippen LogP contribution in [0.3, 0.4) is 0 Å². The smallest absolute Gasteiger partial charge is 0.410 e. The van der Waals surface area contributed by atoms with Gasteiger partial charge in [-0.25, -0.2) is 9.59 Å². The molecule has 2 aliphatic heterocycles. The van der Waals surface area contributed by atoms with Gasteiger partial charge >= 0.3 is 18.2 Å². The summed E-state index contributed by atoms with van der Waals surface area (Å²) < 4.78 is 17.0. The zero-order chi connectivity index (χ0) is 29.2. The maximum Gasteiger partial charge on any atom is 0.410 e. The van der Waals surface area contributed by atoms with Crippen LogP contribution in [0.25, 0.3) is 0 Å². The van der Waals surface area contributed by atoms with Crippen molar-refractivity contribution in [3.8, 4) is 0 Å². The average Bonchev–Trinajstić information content (AvgIpc) is 3.50. The van der Waals surface area contributed by atoms with Crippen LogP contribution in [-0.4, -0.2) is 81.0 Å². The van der Waals surface area contributed by atoms with Gasteiger partial charge in [-0.1, -0.05) is 11.2 Å². The predicted molar refractivity (Wildman–Crippen MR) is 151 cm³/mol. The number of benzene rings is 1. The Hall–Kier alpha value is -3.34. The molecule has 0 spiro atoms. The second kappa shape index (κ2) is 12.0. The number of amides is 2. The molecule has 2 atom stereocenters. The quantitative estimate of drug-likeness (QED) is 0.489. The van der Waals surface area contributed by atoms with Crippen molar-refractivity contribution in [2.75, 3.05) is 31.5 Å². The number of carbonyl (C=O) groups excluding carboxylic acids is 2. The van der Waals surface area contributed by atoms with Crippen LogP contribution in [0.15, 0.2) is 16.5 Å². The Morgan fingerprint density at radius 3 is 2.52 bits per heavy atom. The summed E-state index contributed by atoms with van der Waals surface area (Å²) in [6.45, 7) is 19.0. The number of likely N-dealkylation sites (tertiary alicyclic amines) is 1. The van der Waals surface area contributed by atoms with E-state index in [1.807, 2.05) is 39.5 Å². The topological polar surface area (TPSA) is 113 Å². The van der Waals surface area contributed by atoms with E-state index in [4.69, 9.17) is 13.9 Å². The van der Waals surface area contributed by atoms with Gasteiger partial charge in [-0.2, -0.15) is 0 Å². The lowest BCUT2D eigenvalue weighted by Crippen LogP contribution is -2.54. The number of nitrogens with one attached hydrogen (secondary N) is 1. The number of aromatic nitrogens is 2. The Labute approximate surface area is 237 Å². The highest BCUT2D eigenvalue weighted by Gasteiger charge is 2.36. The van der Waals surface area contributed by atoms with Crippen molar-refractivity contribution in [1.82, 2.24) is 24.9 Å². The Morgan fingerprint density at radius 1 is 1.10 bits per heavy atom. The molecule has 2 saturated heterocycles. The number of aryl methyl sites for hydroxylation is 1. The van der Waals surface area contributed by atoms with E-state index >= 15 is 0 Å². The average molecular weight is 557 g/mol. The first-order valence-corrected chi connectivity index (χ1v) is 14.2. The fraction of sp³-hybridized carbons (Fsp3) is 0.655. The molecule has 0 unspecified atom stereocenters. The van der Waals surface area contributed by atoms with Gasteiger partial charge in [0.25, 0.3) is 0 Å². The Kier molecular flexibility index (Phi) is 8.92. The molecule has 40 heavy (non-hydrogen) atoms. The molecule has 11 nitrogen and oxygen atoms in total. The maximum absolute atomic E-state index is 12.7. The molecule has 4 rings (SSSR count). The molecule has 2 aromatic rings. The van der Waals surface area contributed by atoms with E-state index in [0.717, 1.165) is 49.3 Å². The van der Waals surface area contributed by atoms with Crippen LogP contribution >= 0.6 is 0 Å². The van der Waals surface area contributed by atoms with Crippen LogP contribution < -0.4 is 5.32 Å². The Morgan fingerprint density at radius 2 is 1.85 bits per heavy atom. The first-order valence-electron chi connectivity index (χ1n) is 14.2. The summed E-state index contributed by atoms with van der Waals surface area (Å²) in [6, 6.07) is 4.31. The molecule has 2 aliphatic rings. The fourth-order valence-corrected chi connectivity index (χ4v) is 5.28. The van der Waals surface area contributed by atoms with E-state index in [1.165, 1.54) is 5.56 Å². The summed E-state index contributed by atoms with van der Waals surface area (Å²) in [5.41, 5.74) is 3.72. The van der Waals surface area contributed by atoms with Gasteiger partial charge in [0.05, 0.1) is 6.10 Å².